The van der Waals surface area contributed by atoms with Crippen LogP contribution in [-0.2, 0) is 15.8 Å². The number of nitrogens with zero attached hydrogens (tertiary/aromatic N) is 1. The maximum Gasteiger partial charge on any atom is 0.217 e. The van der Waals surface area contributed by atoms with Crippen LogP contribution in [0.4, 0.5) is 0 Å². The Morgan fingerprint density at radius 1 is 1.53 bits per heavy atom. The third-order valence-corrected chi connectivity index (χ3v) is 4.07. The van der Waals surface area contributed by atoms with E-state index in [1.165, 1.54) is 0 Å². The summed E-state index contributed by atoms with van der Waals surface area (Å²) >= 11 is 0. The summed E-state index contributed by atoms with van der Waals surface area (Å²) in [5.74, 6) is 0.505. The minimum Gasteiger partial charge on any atom is -0.361 e. The normalized spacial score (nSPS) is 18.4. The average Bonchev–Trinajstić information content (AvgIpc) is 2.63. The molecule has 17 heavy (non-hydrogen) atoms. The summed E-state index contributed by atoms with van der Waals surface area (Å²) in [6.07, 6.45) is 1.66. The number of nitrogens with one attached hydrogen (secondary N) is 2. The maximum atomic E-state index is 11.9. The quantitative estimate of drug-likeness (QED) is 0.804. The highest BCUT2D eigenvalue weighted by molar-refractivity contribution is 7.88. The highest BCUT2D eigenvalue weighted by atomic mass is 32.2. The van der Waals surface area contributed by atoms with Crippen molar-refractivity contribution in [2.75, 3.05) is 13.1 Å². The number of piperidine rings is 1. The van der Waals surface area contributed by atoms with E-state index in [0.29, 0.717) is 11.5 Å². The molecule has 1 saturated heterocycles. The van der Waals surface area contributed by atoms with Crippen molar-refractivity contribution < 1.29 is 12.9 Å². The molecule has 0 atom stereocenters. The van der Waals surface area contributed by atoms with Crippen LogP contribution in [0.25, 0.3) is 0 Å². The fourth-order valence-corrected chi connectivity index (χ4v) is 3.27. The van der Waals surface area contributed by atoms with Gasteiger partial charge in [-0.05, 0) is 32.9 Å². The van der Waals surface area contributed by atoms with Crippen LogP contribution in [0.3, 0.4) is 0 Å². The standard InChI is InChI=1S/C10H17N3O3S/c1-8-6-10(12-16-8)7-17(14,15)13-9-2-4-11-5-3-9/h6,9,11,13H,2-5,7H2,1H3. The number of hydrogen-bond donors (Lipinski definition) is 2. The number of hydrogen-bond acceptors (Lipinski definition) is 5. The zero-order valence-corrected chi connectivity index (χ0v) is 10.6. The molecule has 1 aromatic rings. The Hall–Kier alpha value is -0.920. The Morgan fingerprint density at radius 3 is 2.82 bits per heavy atom. The second-order valence-electron chi connectivity index (χ2n) is 4.33. The molecule has 96 valence electrons. The molecule has 6 nitrogen and oxygen atoms in total. The van der Waals surface area contributed by atoms with Crippen molar-refractivity contribution in [1.82, 2.24) is 15.2 Å². The summed E-state index contributed by atoms with van der Waals surface area (Å²) in [6, 6.07) is 1.68. The van der Waals surface area contributed by atoms with Gasteiger partial charge in [-0.2, -0.15) is 0 Å². The number of aryl methyl sites for hydroxylation is 1. The summed E-state index contributed by atoms with van der Waals surface area (Å²) in [6.45, 7) is 3.45. The van der Waals surface area contributed by atoms with Crippen LogP contribution >= 0.6 is 0 Å². The van der Waals surface area contributed by atoms with E-state index in [1.807, 2.05) is 0 Å². The molecule has 2 N–H and O–H groups in total. The predicted molar refractivity (Wildman–Crippen MR) is 62.9 cm³/mol. The molecule has 0 bridgehead atoms. The van der Waals surface area contributed by atoms with Crippen LogP contribution in [0.1, 0.15) is 24.3 Å². The molecule has 2 heterocycles. The Labute approximate surface area is 101 Å². The summed E-state index contributed by atoms with van der Waals surface area (Å²) in [5, 5.41) is 6.88. The van der Waals surface area contributed by atoms with Gasteiger partial charge in [0.1, 0.15) is 17.2 Å². The molecule has 7 heteroatoms. The van der Waals surface area contributed by atoms with E-state index in [4.69, 9.17) is 4.52 Å². The molecule has 0 radical (unpaired) electrons. The van der Waals surface area contributed by atoms with E-state index in [1.54, 1.807) is 13.0 Å². The molecule has 0 amide bonds. The molecule has 1 aromatic heterocycles. The van der Waals surface area contributed by atoms with Gasteiger partial charge < -0.3 is 9.84 Å². The Balaban J connectivity index is 1.94. The molecule has 0 spiro atoms. The number of aromatic nitrogens is 1. The van der Waals surface area contributed by atoms with Gasteiger partial charge in [0, 0.05) is 12.1 Å². The largest absolute Gasteiger partial charge is 0.361 e. The van der Waals surface area contributed by atoms with Gasteiger partial charge in [-0.25, -0.2) is 13.1 Å². The summed E-state index contributed by atoms with van der Waals surface area (Å²) in [4.78, 5) is 0. The third-order valence-electron chi connectivity index (χ3n) is 2.70. The molecule has 2 rings (SSSR count). The molecule has 0 aliphatic carbocycles. The van der Waals surface area contributed by atoms with Crippen molar-refractivity contribution in [2.45, 2.75) is 31.6 Å². The first-order valence-corrected chi connectivity index (χ1v) is 7.33. The topological polar surface area (TPSA) is 84.2 Å². The second kappa shape index (κ2) is 5.16. The summed E-state index contributed by atoms with van der Waals surface area (Å²) in [5.41, 5.74) is 0.448. The maximum absolute atomic E-state index is 11.9. The Kier molecular flexibility index (Phi) is 3.80. The molecule has 0 saturated carbocycles. The van der Waals surface area contributed by atoms with Gasteiger partial charge in [0.25, 0.3) is 0 Å². The van der Waals surface area contributed by atoms with Crippen molar-refractivity contribution in [2.24, 2.45) is 0 Å². The lowest BCUT2D eigenvalue weighted by Crippen LogP contribution is -2.43. The highest BCUT2D eigenvalue weighted by Crippen LogP contribution is 2.09. The van der Waals surface area contributed by atoms with Gasteiger partial charge in [0.05, 0.1) is 0 Å². The summed E-state index contributed by atoms with van der Waals surface area (Å²) in [7, 11) is -3.32. The number of rotatable bonds is 4. The SMILES string of the molecule is Cc1cc(CS(=O)(=O)NC2CCNCC2)no1. The fraction of sp³-hybridized carbons (Fsp3) is 0.700. The van der Waals surface area contributed by atoms with Gasteiger partial charge in [-0.15, -0.1) is 0 Å². The van der Waals surface area contributed by atoms with E-state index in [-0.39, 0.29) is 11.8 Å². The first kappa shape index (κ1) is 12.5. The lowest BCUT2D eigenvalue weighted by Gasteiger charge is -2.23. The predicted octanol–water partition coefficient (Wildman–Crippen LogP) is 0.154. The Morgan fingerprint density at radius 2 is 2.24 bits per heavy atom. The molecular formula is C10H17N3O3S. The zero-order valence-electron chi connectivity index (χ0n) is 9.77. The van der Waals surface area contributed by atoms with E-state index in [0.717, 1.165) is 25.9 Å². The van der Waals surface area contributed by atoms with Gasteiger partial charge in [-0.1, -0.05) is 5.16 Å². The van der Waals surface area contributed by atoms with E-state index < -0.39 is 10.0 Å². The second-order valence-corrected chi connectivity index (χ2v) is 6.08. The molecular weight excluding hydrogens is 242 g/mol. The van der Waals surface area contributed by atoms with E-state index >= 15 is 0 Å². The van der Waals surface area contributed by atoms with Crippen LogP contribution in [0.5, 0.6) is 0 Å². The van der Waals surface area contributed by atoms with E-state index in [9.17, 15) is 8.42 Å². The van der Waals surface area contributed by atoms with Crippen LogP contribution in [0, 0.1) is 6.92 Å². The third kappa shape index (κ3) is 3.79. The van der Waals surface area contributed by atoms with Gasteiger partial charge >= 0.3 is 0 Å². The molecule has 0 aromatic carbocycles. The smallest absolute Gasteiger partial charge is 0.217 e. The molecule has 0 unspecified atom stereocenters. The van der Waals surface area contributed by atoms with E-state index in [2.05, 4.69) is 15.2 Å². The van der Waals surface area contributed by atoms with Crippen molar-refractivity contribution in [3.8, 4) is 0 Å². The van der Waals surface area contributed by atoms with Crippen molar-refractivity contribution in [3.63, 3.8) is 0 Å². The van der Waals surface area contributed by atoms with Crippen LogP contribution < -0.4 is 10.0 Å². The first-order valence-electron chi connectivity index (χ1n) is 5.68. The molecule has 1 fully saturated rings. The van der Waals surface area contributed by atoms with Crippen molar-refractivity contribution in [1.29, 1.82) is 0 Å². The monoisotopic (exact) mass is 259 g/mol. The van der Waals surface area contributed by atoms with Gasteiger partial charge in [-0.3, -0.25) is 0 Å². The van der Waals surface area contributed by atoms with Crippen molar-refractivity contribution in [3.05, 3.63) is 17.5 Å². The fourth-order valence-electron chi connectivity index (χ4n) is 1.92. The average molecular weight is 259 g/mol. The van der Waals surface area contributed by atoms with Crippen LogP contribution in [-0.4, -0.2) is 32.7 Å². The molecule has 1 aliphatic rings. The van der Waals surface area contributed by atoms with Crippen molar-refractivity contribution >= 4 is 10.0 Å². The first-order chi connectivity index (χ1) is 8.05. The molecule has 1 aliphatic heterocycles. The van der Waals surface area contributed by atoms with Crippen LogP contribution in [0.2, 0.25) is 0 Å². The lowest BCUT2D eigenvalue weighted by molar-refractivity contribution is 0.391. The number of sulfonamides is 1. The van der Waals surface area contributed by atoms with Gasteiger partial charge in [0.15, 0.2) is 0 Å². The Bertz CT molecular complexity index is 463. The minimum absolute atomic E-state index is 0.0363. The lowest BCUT2D eigenvalue weighted by atomic mass is 10.1. The minimum atomic E-state index is -3.32. The zero-order chi connectivity index (χ0) is 12.3. The highest BCUT2D eigenvalue weighted by Gasteiger charge is 2.21. The summed E-state index contributed by atoms with van der Waals surface area (Å²) < 4.78 is 31.3. The van der Waals surface area contributed by atoms with Gasteiger partial charge in [0.2, 0.25) is 10.0 Å². The van der Waals surface area contributed by atoms with Crippen LogP contribution in [0.15, 0.2) is 10.6 Å².